The standard InChI is InChI=1S/C22H33N3O3/c1-16(17(2)26)25-14-11-22(28,12-15-25)21(27)23-13-5-7-19-10-9-18-6-3-4-8-20(18)24-19/h9-10,16,28H,3-8,11-15H2,1-2H3,(H,23,27). The van der Waals surface area contributed by atoms with Crippen LogP contribution >= 0.6 is 0 Å². The summed E-state index contributed by atoms with van der Waals surface area (Å²) in [6, 6.07) is 4.15. The molecule has 28 heavy (non-hydrogen) atoms. The Bertz CT molecular complexity index is 711. The van der Waals surface area contributed by atoms with E-state index in [0.29, 0.717) is 32.5 Å². The Hall–Kier alpha value is -1.79. The van der Waals surface area contributed by atoms with Crippen molar-refractivity contribution < 1.29 is 14.7 Å². The van der Waals surface area contributed by atoms with Crippen LogP contribution in [0.15, 0.2) is 12.1 Å². The van der Waals surface area contributed by atoms with E-state index in [1.54, 1.807) is 6.92 Å². The van der Waals surface area contributed by atoms with Gasteiger partial charge in [-0.15, -0.1) is 0 Å². The maximum Gasteiger partial charge on any atom is 0.252 e. The molecule has 2 aliphatic rings. The van der Waals surface area contributed by atoms with E-state index in [2.05, 4.69) is 17.4 Å². The highest BCUT2D eigenvalue weighted by Crippen LogP contribution is 2.24. The van der Waals surface area contributed by atoms with E-state index < -0.39 is 5.60 Å². The molecule has 1 unspecified atom stereocenters. The third-order valence-electron chi connectivity index (χ3n) is 6.31. The lowest BCUT2D eigenvalue weighted by molar-refractivity contribution is -0.145. The van der Waals surface area contributed by atoms with Gasteiger partial charge in [0.2, 0.25) is 0 Å². The number of nitrogens with zero attached hydrogens (tertiary/aromatic N) is 2. The van der Waals surface area contributed by atoms with E-state index in [9.17, 15) is 14.7 Å². The summed E-state index contributed by atoms with van der Waals surface area (Å²) in [4.78, 5) is 30.8. The van der Waals surface area contributed by atoms with Crippen LogP contribution in [0.4, 0.5) is 0 Å². The molecule has 0 saturated carbocycles. The number of Topliss-reactive ketones (excluding diaryl/α,β-unsaturated/α-hetero) is 1. The predicted octanol–water partition coefficient (Wildman–Crippen LogP) is 1.81. The number of carbonyl (C=O) groups is 2. The maximum atomic E-state index is 12.5. The van der Waals surface area contributed by atoms with Crippen LogP contribution in [-0.2, 0) is 28.9 Å². The molecular formula is C22H33N3O3. The van der Waals surface area contributed by atoms with Gasteiger partial charge in [-0.2, -0.15) is 0 Å². The van der Waals surface area contributed by atoms with E-state index in [1.165, 1.54) is 24.1 Å². The Morgan fingerprint density at radius 1 is 1.25 bits per heavy atom. The highest BCUT2D eigenvalue weighted by atomic mass is 16.3. The highest BCUT2D eigenvalue weighted by Gasteiger charge is 2.40. The van der Waals surface area contributed by atoms with Crippen LogP contribution in [0.25, 0.3) is 0 Å². The summed E-state index contributed by atoms with van der Waals surface area (Å²) in [6.07, 6.45) is 7.06. The first-order chi connectivity index (χ1) is 13.4. The monoisotopic (exact) mass is 387 g/mol. The van der Waals surface area contributed by atoms with Crippen molar-refractivity contribution in [3.05, 3.63) is 29.1 Å². The molecule has 6 heteroatoms. The summed E-state index contributed by atoms with van der Waals surface area (Å²) < 4.78 is 0. The topological polar surface area (TPSA) is 82.5 Å². The van der Waals surface area contributed by atoms with Gasteiger partial charge in [0.05, 0.1) is 6.04 Å². The van der Waals surface area contributed by atoms with Crippen molar-refractivity contribution in [2.75, 3.05) is 19.6 Å². The van der Waals surface area contributed by atoms with Crippen molar-refractivity contribution in [3.8, 4) is 0 Å². The lowest BCUT2D eigenvalue weighted by Crippen LogP contribution is -2.56. The van der Waals surface area contributed by atoms with E-state index in [4.69, 9.17) is 4.98 Å². The minimum absolute atomic E-state index is 0.116. The molecule has 6 nitrogen and oxygen atoms in total. The Morgan fingerprint density at radius 2 is 1.96 bits per heavy atom. The Labute approximate surface area is 167 Å². The number of aliphatic hydroxyl groups is 1. The summed E-state index contributed by atoms with van der Waals surface area (Å²) in [6.45, 7) is 5.11. The molecule has 0 radical (unpaired) electrons. The number of hydrogen-bond donors (Lipinski definition) is 2. The van der Waals surface area contributed by atoms with E-state index >= 15 is 0 Å². The van der Waals surface area contributed by atoms with Gasteiger partial charge in [0.1, 0.15) is 11.4 Å². The van der Waals surface area contributed by atoms with Crippen molar-refractivity contribution in [3.63, 3.8) is 0 Å². The van der Waals surface area contributed by atoms with Gasteiger partial charge >= 0.3 is 0 Å². The zero-order valence-electron chi connectivity index (χ0n) is 17.2. The SMILES string of the molecule is CC(=O)C(C)N1CCC(O)(C(=O)NCCCc2ccc3c(n2)CCCC3)CC1. The maximum absolute atomic E-state index is 12.5. The highest BCUT2D eigenvalue weighted by molar-refractivity contribution is 5.85. The fraction of sp³-hybridized carbons (Fsp3) is 0.682. The molecule has 1 amide bonds. The normalized spacial score (nSPS) is 20.2. The van der Waals surface area contributed by atoms with Crippen LogP contribution in [0.3, 0.4) is 0 Å². The number of piperidine rings is 1. The molecule has 0 aromatic carbocycles. The van der Waals surface area contributed by atoms with Crippen molar-refractivity contribution in [2.45, 2.75) is 76.9 Å². The van der Waals surface area contributed by atoms with Gasteiger partial charge in [0.25, 0.3) is 5.91 Å². The van der Waals surface area contributed by atoms with Crippen LogP contribution < -0.4 is 5.32 Å². The summed E-state index contributed by atoms with van der Waals surface area (Å²) >= 11 is 0. The summed E-state index contributed by atoms with van der Waals surface area (Å²) in [5, 5.41) is 13.6. The summed E-state index contributed by atoms with van der Waals surface area (Å²) in [5.74, 6) is -0.174. The number of aryl methyl sites for hydroxylation is 3. The lowest BCUT2D eigenvalue weighted by Gasteiger charge is -2.39. The Kier molecular flexibility index (Phi) is 6.83. The number of ketones is 1. The van der Waals surface area contributed by atoms with Crippen LogP contribution in [0, 0.1) is 0 Å². The first-order valence-corrected chi connectivity index (χ1v) is 10.6. The second-order valence-electron chi connectivity index (χ2n) is 8.33. The number of nitrogens with one attached hydrogen (secondary N) is 1. The second kappa shape index (κ2) is 9.14. The zero-order valence-corrected chi connectivity index (χ0v) is 17.2. The van der Waals surface area contributed by atoms with Gasteiger partial charge in [-0.05, 0) is 76.8 Å². The molecule has 3 rings (SSSR count). The van der Waals surface area contributed by atoms with Gasteiger partial charge in [-0.25, -0.2) is 0 Å². The fourth-order valence-electron chi connectivity index (χ4n) is 4.17. The molecule has 1 aliphatic heterocycles. The number of pyridine rings is 1. The number of carbonyl (C=O) groups excluding carboxylic acids is 2. The Balaban J connectivity index is 1.41. The molecule has 1 aromatic heterocycles. The quantitative estimate of drug-likeness (QED) is 0.698. The minimum Gasteiger partial charge on any atom is -0.380 e. The number of aromatic nitrogens is 1. The van der Waals surface area contributed by atoms with E-state index in [-0.39, 0.29) is 17.7 Å². The van der Waals surface area contributed by atoms with Crippen LogP contribution in [0.1, 0.15) is 62.9 Å². The first kappa shape index (κ1) is 20.9. The van der Waals surface area contributed by atoms with Crippen molar-refractivity contribution in [1.29, 1.82) is 0 Å². The average molecular weight is 388 g/mol. The largest absolute Gasteiger partial charge is 0.380 e. The van der Waals surface area contributed by atoms with Crippen LogP contribution in [0.2, 0.25) is 0 Å². The van der Waals surface area contributed by atoms with Gasteiger partial charge < -0.3 is 10.4 Å². The number of rotatable bonds is 7. The second-order valence-corrected chi connectivity index (χ2v) is 8.33. The fourth-order valence-corrected chi connectivity index (χ4v) is 4.17. The number of fused-ring (bicyclic) bond motifs is 1. The molecule has 1 atom stereocenters. The molecule has 1 saturated heterocycles. The molecular weight excluding hydrogens is 354 g/mol. The van der Waals surface area contributed by atoms with Crippen LogP contribution in [-0.4, -0.2) is 58.0 Å². The molecule has 1 fully saturated rings. The first-order valence-electron chi connectivity index (χ1n) is 10.6. The van der Waals surface area contributed by atoms with Gasteiger partial charge in [0.15, 0.2) is 0 Å². The predicted molar refractivity (Wildman–Crippen MR) is 108 cm³/mol. The van der Waals surface area contributed by atoms with E-state index in [1.807, 2.05) is 11.8 Å². The molecule has 0 spiro atoms. The zero-order chi connectivity index (χ0) is 20.1. The molecule has 2 heterocycles. The lowest BCUT2D eigenvalue weighted by atomic mass is 9.89. The van der Waals surface area contributed by atoms with Crippen molar-refractivity contribution in [2.24, 2.45) is 0 Å². The Morgan fingerprint density at radius 3 is 2.68 bits per heavy atom. The minimum atomic E-state index is -1.32. The average Bonchev–Trinajstić information content (AvgIpc) is 2.71. The molecule has 2 N–H and O–H groups in total. The van der Waals surface area contributed by atoms with E-state index in [0.717, 1.165) is 31.4 Å². The third-order valence-corrected chi connectivity index (χ3v) is 6.31. The summed E-state index contributed by atoms with van der Waals surface area (Å²) in [5.41, 5.74) is 2.39. The number of likely N-dealkylation sites (tertiary alicyclic amines) is 1. The van der Waals surface area contributed by atoms with Crippen molar-refractivity contribution in [1.82, 2.24) is 15.2 Å². The third kappa shape index (κ3) is 4.97. The van der Waals surface area contributed by atoms with Crippen molar-refractivity contribution >= 4 is 11.7 Å². The number of amides is 1. The van der Waals surface area contributed by atoms with Gasteiger partial charge in [-0.3, -0.25) is 19.5 Å². The smallest absolute Gasteiger partial charge is 0.252 e. The molecule has 0 bridgehead atoms. The molecule has 1 aromatic rings. The summed E-state index contributed by atoms with van der Waals surface area (Å²) in [7, 11) is 0. The molecule has 1 aliphatic carbocycles. The van der Waals surface area contributed by atoms with Crippen LogP contribution in [0.5, 0.6) is 0 Å². The molecule has 154 valence electrons. The van der Waals surface area contributed by atoms with Gasteiger partial charge in [0, 0.05) is 31.0 Å². The number of hydrogen-bond acceptors (Lipinski definition) is 5. The van der Waals surface area contributed by atoms with Gasteiger partial charge in [-0.1, -0.05) is 6.07 Å².